The minimum absolute atomic E-state index is 0.165. The van der Waals surface area contributed by atoms with E-state index in [1.807, 2.05) is 0 Å². The third-order valence-electron chi connectivity index (χ3n) is 6.91. The summed E-state index contributed by atoms with van der Waals surface area (Å²) in [7, 11) is 3.64. The molecule has 3 aliphatic rings. The van der Waals surface area contributed by atoms with Gasteiger partial charge in [-0.05, 0) is 56.3 Å². The third-order valence-corrected chi connectivity index (χ3v) is 7.26. The Morgan fingerprint density at radius 3 is 1.05 bits per heavy atom. The average Bonchev–Trinajstić information content (AvgIpc) is 2.59. The van der Waals surface area contributed by atoms with Crippen LogP contribution in [0, 0.1) is 17.8 Å². The van der Waals surface area contributed by atoms with Crippen molar-refractivity contribution in [1.82, 2.24) is 0 Å². The Morgan fingerprint density at radius 1 is 0.524 bits per heavy atom. The molecule has 21 heavy (non-hydrogen) atoms. The summed E-state index contributed by atoms with van der Waals surface area (Å²) >= 11 is 0. The first-order valence-electron chi connectivity index (χ1n) is 9.72. The Labute approximate surface area is 135 Å². The van der Waals surface area contributed by atoms with Crippen molar-refractivity contribution in [3.8, 4) is 0 Å². The first-order chi connectivity index (χ1) is 10.4. The van der Waals surface area contributed by atoms with Gasteiger partial charge in [-0.25, -0.2) is 0 Å². The summed E-state index contributed by atoms with van der Waals surface area (Å²) in [4.78, 5) is 0. The van der Waals surface area contributed by atoms with E-state index in [1.165, 1.54) is 96.3 Å². The normalized spacial score (nSPS) is 27.9. The van der Waals surface area contributed by atoms with Crippen molar-refractivity contribution in [2.75, 3.05) is 0 Å². The van der Waals surface area contributed by atoms with Gasteiger partial charge in [0.1, 0.15) is 0 Å². The molecule has 0 aromatic rings. The zero-order valence-electron chi connectivity index (χ0n) is 13.7. The minimum Gasteiger partial charge on any atom is -0.412 e. The van der Waals surface area contributed by atoms with Crippen LogP contribution in [0.15, 0.2) is 0 Å². The zero-order valence-corrected chi connectivity index (χ0v) is 14.7. The van der Waals surface area contributed by atoms with Crippen LogP contribution in [-0.2, 0) is 4.43 Å². The molecule has 3 rings (SSSR count). The van der Waals surface area contributed by atoms with Crippen LogP contribution >= 0.6 is 0 Å². The van der Waals surface area contributed by atoms with Gasteiger partial charge in [-0.1, -0.05) is 57.8 Å². The van der Waals surface area contributed by atoms with Crippen molar-refractivity contribution >= 4 is 10.5 Å². The van der Waals surface area contributed by atoms with Gasteiger partial charge in [0.25, 0.3) is 0 Å². The highest BCUT2D eigenvalue weighted by Crippen LogP contribution is 2.52. The first-order valence-corrected chi connectivity index (χ1v) is 10.1. The molecule has 0 aliphatic heterocycles. The monoisotopic (exact) mass is 305 g/mol. The molecule has 0 saturated heterocycles. The lowest BCUT2D eigenvalue weighted by Gasteiger charge is -2.54. The average molecular weight is 306 g/mol. The van der Waals surface area contributed by atoms with Gasteiger partial charge in [0.2, 0.25) is 10.5 Å². The van der Waals surface area contributed by atoms with E-state index in [4.69, 9.17) is 4.43 Å². The standard InChI is InChI=1S/C19H33OSi/c21-20-19(16-10-4-1-5-11-16,17-12-6-2-7-13-17)18-14-8-3-9-15-18/h16-18H,1-15H2. The maximum Gasteiger partial charge on any atom is 0.247 e. The molecule has 3 saturated carbocycles. The fourth-order valence-corrected chi connectivity index (χ4v) is 6.41. The molecule has 3 radical (unpaired) electrons. The lowest BCUT2D eigenvalue weighted by atomic mass is 9.58. The van der Waals surface area contributed by atoms with Gasteiger partial charge in [0, 0.05) is 0 Å². The number of hydrogen-bond donors (Lipinski definition) is 0. The van der Waals surface area contributed by atoms with Crippen LogP contribution < -0.4 is 0 Å². The van der Waals surface area contributed by atoms with Crippen molar-refractivity contribution in [1.29, 1.82) is 0 Å². The Bertz CT molecular complexity index is 253. The van der Waals surface area contributed by atoms with Crippen LogP contribution in [0.3, 0.4) is 0 Å². The van der Waals surface area contributed by atoms with Gasteiger partial charge in [-0.2, -0.15) is 0 Å². The van der Waals surface area contributed by atoms with E-state index in [2.05, 4.69) is 10.5 Å². The van der Waals surface area contributed by atoms with Crippen LogP contribution in [-0.4, -0.2) is 16.1 Å². The van der Waals surface area contributed by atoms with Gasteiger partial charge >= 0.3 is 0 Å². The predicted molar refractivity (Wildman–Crippen MR) is 89.3 cm³/mol. The van der Waals surface area contributed by atoms with E-state index in [-0.39, 0.29) is 5.60 Å². The topological polar surface area (TPSA) is 9.23 Å². The van der Waals surface area contributed by atoms with Crippen molar-refractivity contribution in [3.05, 3.63) is 0 Å². The molecule has 2 heteroatoms. The molecule has 0 amide bonds. The second-order valence-corrected chi connectivity index (χ2v) is 8.16. The minimum atomic E-state index is 0.165. The van der Waals surface area contributed by atoms with Gasteiger partial charge in [-0.3, -0.25) is 0 Å². The van der Waals surface area contributed by atoms with Gasteiger partial charge in [-0.15, -0.1) is 0 Å². The fourth-order valence-electron chi connectivity index (χ4n) is 5.91. The highest BCUT2D eigenvalue weighted by Gasteiger charge is 2.50. The third kappa shape index (κ3) is 3.27. The summed E-state index contributed by atoms with van der Waals surface area (Å²) < 4.78 is 6.36. The summed E-state index contributed by atoms with van der Waals surface area (Å²) in [5.41, 5.74) is 0.165. The molecule has 0 unspecified atom stereocenters. The molecule has 1 nitrogen and oxygen atoms in total. The highest BCUT2D eigenvalue weighted by molar-refractivity contribution is 5.98. The van der Waals surface area contributed by atoms with Crippen LogP contribution in [0.4, 0.5) is 0 Å². The van der Waals surface area contributed by atoms with E-state index in [1.54, 1.807) is 0 Å². The molecule has 0 N–H and O–H groups in total. The quantitative estimate of drug-likeness (QED) is 0.617. The predicted octanol–water partition coefficient (Wildman–Crippen LogP) is 5.57. The van der Waals surface area contributed by atoms with E-state index in [0.717, 1.165) is 17.8 Å². The molecular weight excluding hydrogens is 272 g/mol. The molecule has 0 spiro atoms. The zero-order chi connectivity index (χ0) is 14.5. The molecule has 0 aromatic carbocycles. The molecule has 119 valence electrons. The Kier molecular flexibility index (Phi) is 5.83. The second-order valence-electron chi connectivity index (χ2n) is 7.96. The van der Waals surface area contributed by atoms with Crippen molar-refractivity contribution in [2.45, 2.75) is 102 Å². The van der Waals surface area contributed by atoms with Crippen molar-refractivity contribution < 1.29 is 4.43 Å². The summed E-state index contributed by atoms with van der Waals surface area (Å²) in [6.45, 7) is 0. The number of rotatable bonds is 4. The van der Waals surface area contributed by atoms with Crippen molar-refractivity contribution in [2.24, 2.45) is 17.8 Å². The van der Waals surface area contributed by atoms with Crippen molar-refractivity contribution in [3.63, 3.8) is 0 Å². The first kappa shape index (κ1) is 16.0. The second kappa shape index (κ2) is 7.63. The molecule has 0 heterocycles. The molecule has 3 fully saturated rings. The SMILES string of the molecule is [Si]OC(C1CCCCC1)(C1CCCCC1)C1CCCCC1. The summed E-state index contributed by atoms with van der Waals surface area (Å²) in [6.07, 6.45) is 21.4. The Balaban J connectivity index is 1.85. The van der Waals surface area contributed by atoms with Crippen LogP contribution in [0.5, 0.6) is 0 Å². The highest BCUT2D eigenvalue weighted by atomic mass is 28.2. The van der Waals surface area contributed by atoms with Gasteiger partial charge < -0.3 is 4.43 Å². The molecule has 0 bridgehead atoms. The molecule has 3 aliphatic carbocycles. The summed E-state index contributed by atoms with van der Waals surface area (Å²) in [5, 5.41) is 0. The lowest BCUT2D eigenvalue weighted by molar-refractivity contribution is -0.118. The summed E-state index contributed by atoms with van der Waals surface area (Å²) in [6, 6.07) is 0. The van der Waals surface area contributed by atoms with Crippen LogP contribution in [0.25, 0.3) is 0 Å². The maximum atomic E-state index is 6.36. The van der Waals surface area contributed by atoms with Gasteiger partial charge in [0.05, 0.1) is 5.60 Å². The Hall–Kier alpha value is 0.177. The molecule has 0 aromatic heterocycles. The van der Waals surface area contributed by atoms with Gasteiger partial charge in [0.15, 0.2) is 0 Å². The van der Waals surface area contributed by atoms with E-state index in [9.17, 15) is 0 Å². The van der Waals surface area contributed by atoms with Crippen LogP contribution in [0.1, 0.15) is 96.3 Å². The maximum absolute atomic E-state index is 6.36. The Morgan fingerprint density at radius 2 is 0.810 bits per heavy atom. The summed E-state index contributed by atoms with van der Waals surface area (Å²) in [5.74, 6) is 2.44. The lowest BCUT2D eigenvalue weighted by Crippen LogP contribution is -2.54. The van der Waals surface area contributed by atoms with E-state index < -0.39 is 0 Å². The molecule has 0 atom stereocenters. The van der Waals surface area contributed by atoms with E-state index in [0.29, 0.717) is 0 Å². The number of hydrogen-bond acceptors (Lipinski definition) is 1. The van der Waals surface area contributed by atoms with Crippen LogP contribution in [0.2, 0.25) is 0 Å². The molecular formula is C19H33OSi. The fraction of sp³-hybridized carbons (Fsp3) is 1.00. The smallest absolute Gasteiger partial charge is 0.247 e. The van der Waals surface area contributed by atoms with E-state index >= 15 is 0 Å². The largest absolute Gasteiger partial charge is 0.412 e.